The van der Waals surface area contributed by atoms with Crippen LogP contribution in [-0.2, 0) is 4.79 Å². The summed E-state index contributed by atoms with van der Waals surface area (Å²) < 4.78 is 0. The molecule has 5 heteroatoms. The van der Waals surface area contributed by atoms with E-state index in [0.717, 1.165) is 0 Å². The van der Waals surface area contributed by atoms with Gasteiger partial charge >= 0.3 is 5.91 Å². The molecule has 0 saturated carbocycles. The first-order chi connectivity index (χ1) is 4.75. The standard InChI is InChI=1S/C5H6N4O/c6-1-3-4(5(7)10)9-2-8-3/h2-4H,(H2,7,10)(H,8,9)/p+1. The van der Waals surface area contributed by atoms with Crippen molar-refractivity contribution in [2.24, 2.45) is 4.99 Å². The van der Waals surface area contributed by atoms with Crippen molar-refractivity contribution in [3.63, 3.8) is 0 Å². The molecule has 0 fully saturated rings. The van der Waals surface area contributed by atoms with Crippen LogP contribution in [0.2, 0.25) is 0 Å². The van der Waals surface area contributed by atoms with Gasteiger partial charge in [0.1, 0.15) is 0 Å². The third kappa shape index (κ3) is 0.967. The monoisotopic (exact) mass is 139 g/mol. The summed E-state index contributed by atoms with van der Waals surface area (Å²) in [6.45, 7) is 0. The Kier molecular flexibility index (Phi) is 1.65. The van der Waals surface area contributed by atoms with Gasteiger partial charge in [-0.3, -0.25) is 10.7 Å². The molecule has 1 aliphatic rings. The van der Waals surface area contributed by atoms with Crippen LogP contribution < -0.4 is 11.1 Å². The minimum atomic E-state index is -0.606. The molecule has 0 saturated heterocycles. The first-order valence-corrected chi connectivity index (χ1v) is 2.79. The van der Waals surface area contributed by atoms with Crippen LogP contribution in [0.5, 0.6) is 0 Å². The smallest absolute Gasteiger partial charge is 0.336 e. The second-order valence-corrected chi connectivity index (χ2v) is 1.96. The van der Waals surface area contributed by atoms with E-state index in [1.165, 1.54) is 6.34 Å². The molecule has 2 atom stereocenters. The normalized spacial score (nSPS) is 29.2. The number of amides is 1. The van der Waals surface area contributed by atoms with Crippen molar-refractivity contribution in [2.75, 3.05) is 0 Å². The Hall–Kier alpha value is -1.41. The predicted octanol–water partition coefficient (Wildman–Crippen LogP) is -2.35. The maximum absolute atomic E-state index is 10.6. The summed E-state index contributed by atoms with van der Waals surface area (Å²) in [6.07, 6.45) is 1.36. The number of nitriles is 1. The number of nitrogens with zero attached hydrogens (tertiary/aromatic N) is 2. The Morgan fingerprint density at radius 3 is 3.00 bits per heavy atom. The predicted molar refractivity (Wildman–Crippen MR) is 32.7 cm³/mol. The molecule has 2 unspecified atom stereocenters. The second-order valence-electron chi connectivity index (χ2n) is 1.96. The highest BCUT2D eigenvalue weighted by molar-refractivity contribution is 5.78. The maximum atomic E-state index is 10.6. The van der Waals surface area contributed by atoms with Crippen LogP contribution in [0.15, 0.2) is 4.99 Å². The molecule has 10 heavy (non-hydrogen) atoms. The lowest BCUT2D eigenvalue weighted by Crippen LogP contribution is -2.64. The molecular weight excluding hydrogens is 132 g/mol. The van der Waals surface area contributed by atoms with Gasteiger partial charge in [0.2, 0.25) is 0 Å². The average Bonchev–Trinajstić information content (AvgIpc) is 2.33. The summed E-state index contributed by atoms with van der Waals surface area (Å²) in [5.41, 5.74) is 3.17. The average molecular weight is 139 g/mol. The number of rotatable bonds is 1. The molecule has 1 amide bonds. The minimum absolute atomic E-state index is 0.326. The first kappa shape index (κ1) is 6.71. The van der Waals surface area contributed by atoms with Gasteiger partial charge in [-0.1, -0.05) is 0 Å². The van der Waals surface area contributed by atoms with Crippen molar-refractivity contribution in [1.82, 2.24) is 5.32 Å². The third-order valence-electron chi connectivity index (χ3n) is 1.27. The van der Waals surface area contributed by atoms with Crippen molar-refractivity contribution in [3.8, 4) is 6.07 Å². The van der Waals surface area contributed by atoms with E-state index in [-0.39, 0.29) is 5.91 Å². The van der Waals surface area contributed by atoms with Crippen molar-refractivity contribution >= 4 is 12.2 Å². The van der Waals surface area contributed by atoms with Crippen LogP contribution in [-0.4, -0.2) is 24.3 Å². The molecule has 0 aliphatic carbocycles. The lowest BCUT2D eigenvalue weighted by atomic mass is 10.1. The lowest BCUT2D eigenvalue weighted by molar-refractivity contribution is -0.307. The molecule has 1 heterocycles. The van der Waals surface area contributed by atoms with Gasteiger partial charge in [-0.05, 0) is 0 Å². The molecule has 0 bridgehead atoms. The Labute approximate surface area is 57.5 Å². The fraction of sp³-hybridized carbons (Fsp3) is 0.400. The van der Waals surface area contributed by atoms with Gasteiger partial charge in [0.15, 0.2) is 12.1 Å². The number of carbonyl (C=O) groups excluding carboxylic acids is 1. The van der Waals surface area contributed by atoms with E-state index in [9.17, 15) is 4.79 Å². The number of aliphatic imine (C=N–C) groups is 1. The number of carbonyl (C=O) groups is 1. The molecule has 1 rings (SSSR count). The Balaban J connectivity index is 2.68. The van der Waals surface area contributed by atoms with Crippen LogP contribution in [0.1, 0.15) is 0 Å². The van der Waals surface area contributed by atoms with Crippen LogP contribution in [0.25, 0.3) is 0 Å². The Morgan fingerprint density at radius 1 is 1.90 bits per heavy atom. The Morgan fingerprint density at radius 2 is 2.60 bits per heavy atom. The highest BCUT2D eigenvalue weighted by Gasteiger charge is 2.30. The molecular formula is C5H7N4O+. The highest BCUT2D eigenvalue weighted by Crippen LogP contribution is 2.00. The molecule has 4 N–H and O–H groups in total. The van der Waals surface area contributed by atoms with Crippen molar-refractivity contribution in [3.05, 3.63) is 0 Å². The van der Waals surface area contributed by atoms with Gasteiger partial charge in [-0.25, -0.2) is 4.79 Å². The van der Waals surface area contributed by atoms with Crippen molar-refractivity contribution in [2.45, 2.75) is 12.1 Å². The van der Waals surface area contributed by atoms with Crippen LogP contribution in [0.4, 0.5) is 0 Å². The number of hydrogen-bond donors (Lipinski definition) is 2. The van der Waals surface area contributed by atoms with E-state index in [2.05, 4.69) is 16.0 Å². The molecule has 1 aliphatic heterocycles. The summed E-state index contributed by atoms with van der Waals surface area (Å²) in [6, 6.07) is 0.769. The molecule has 0 aromatic heterocycles. The SMILES string of the molecule is N#CC1NC=NC1C([NH3+])=O. The summed E-state index contributed by atoms with van der Waals surface area (Å²) in [5.74, 6) is -0.326. The number of hydrogen-bond acceptors (Lipinski definition) is 4. The van der Waals surface area contributed by atoms with Gasteiger partial charge in [0.05, 0.1) is 12.4 Å². The molecule has 0 aromatic rings. The molecule has 5 nitrogen and oxygen atoms in total. The van der Waals surface area contributed by atoms with Gasteiger partial charge in [0.25, 0.3) is 0 Å². The van der Waals surface area contributed by atoms with Crippen LogP contribution >= 0.6 is 0 Å². The van der Waals surface area contributed by atoms with Crippen LogP contribution in [0.3, 0.4) is 0 Å². The third-order valence-corrected chi connectivity index (χ3v) is 1.27. The van der Waals surface area contributed by atoms with Crippen molar-refractivity contribution in [1.29, 1.82) is 5.26 Å². The van der Waals surface area contributed by atoms with Gasteiger partial charge in [-0.2, -0.15) is 5.26 Å². The van der Waals surface area contributed by atoms with E-state index < -0.39 is 12.1 Å². The summed E-state index contributed by atoms with van der Waals surface area (Å²) in [4.78, 5) is 14.3. The van der Waals surface area contributed by atoms with E-state index >= 15 is 0 Å². The molecule has 0 aromatic carbocycles. The quantitative estimate of drug-likeness (QED) is 0.426. The fourth-order valence-corrected chi connectivity index (χ4v) is 0.758. The van der Waals surface area contributed by atoms with E-state index in [1.54, 1.807) is 0 Å². The zero-order valence-corrected chi connectivity index (χ0v) is 5.24. The topological polar surface area (TPSA) is 92.9 Å². The zero-order valence-electron chi connectivity index (χ0n) is 5.24. The van der Waals surface area contributed by atoms with E-state index in [4.69, 9.17) is 5.26 Å². The summed E-state index contributed by atoms with van der Waals surface area (Å²) in [7, 11) is 0. The fourth-order valence-electron chi connectivity index (χ4n) is 0.758. The maximum Gasteiger partial charge on any atom is 0.336 e. The molecule has 0 radical (unpaired) electrons. The largest absolute Gasteiger partial charge is 0.359 e. The van der Waals surface area contributed by atoms with Gasteiger partial charge in [-0.15, -0.1) is 0 Å². The summed E-state index contributed by atoms with van der Waals surface area (Å²) >= 11 is 0. The first-order valence-electron chi connectivity index (χ1n) is 2.79. The zero-order chi connectivity index (χ0) is 7.56. The van der Waals surface area contributed by atoms with Gasteiger partial charge < -0.3 is 5.32 Å². The van der Waals surface area contributed by atoms with Gasteiger partial charge in [0, 0.05) is 0 Å². The summed E-state index contributed by atoms with van der Waals surface area (Å²) in [5, 5.41) is 11.0. The molecule has 52 valence electrons. The van der Waals surface area contributed by atoms with E-state index in [1.807, 2.05) is 6.07 Å². The number of quaternary nitrogens is 1. The van der Waals surface area contributed by atoms with E-state index in [0.29, 0.717) is 0 Å². The minimum Gasteiger partial charge on any atom is -0.359 e. The molecule has 0 spiro atoms. The Bertz CT molecular complexity index is 216. The lowest BCUT2D eigenvalue weighted by Gasteiger charge is -2.02. The highest BCUT2D eigenvalue weighted by atomic mass is 16.1. The second kappa shape index (κ2) is 2.45. The van der Waals surface area contributed by atoms with Crippen molar-refractivity contribution < 1.29 is 10.5 Å². The van der Waals surface area contributed by atoms with Crippen LogP contribution in [0, 0.1) is 11.3 Å². The number of nitrogens with one attached hydrogen (secondary N) is 1.